The lowest BCUT2D eigenvalue weighted by atomic mass is 10.1. The smallest absolute Gasteiger partial charge is 0.335 e. The van der Waals surface area contributed by atoms with E-state index < -0.39 is 5.97 Å². The Morgan fingerprint density at radius 3 is 2.60 bits per heavy atom. The van der Waals surface area contributed by atoms with Gasteiger partial charge in [0.1, 0.15) is 0 Å². The quantitative estimate of drug-likeness (QED) is 0.906. The molecule has 0 saturated heterocycles. The Hall–Kier alpha value is -2.21. The number of aryl methyl sites for hydroxylation is 2. The number of aromatic nitrogens is 1. The number of carbonyl (C=O) groups excluding carboxylic acids is 1. The fraction of sp³-hybridized carbons (Fsp3) is 0.214. The molecular weight excluding hydrogens is 276 g/mol. The molecule has 2 N–H and O–H groups in total. The largest absolute Gasteiger partial charge is 0.478 e. The van der Waals surface area contributed by atoms with E-state index in [4.69, 9.17) is 5.11 Å². The first-order valence-corrected chi connectivity index (χ1v) is 6.83. The molecule has 1 aromatic heterocycles. The summed E-state index contributed by atoms with van der Waals surface area (Å²) in [5, 5.41) is 12.6. The Bertz CT molecular complexity index is 664. The minimum absolute atomic E-state index is 0.0995. The zero-order chi connectivity index (χ0) is 14.7. The van der Waals surface area contributed by atoms with Crippen molar-refractivity contribution in [2.75, 3.05) is 0 Å². The monoisotopic (exact) mass is 290 g/mol. The average Bonchev–Trinajstić information content (AvgIpc) is 2.74. The molecule has 0 spiro atoms. The van der Waals surface area contributed by atoms with Crippen LogP contribution in [0.5, 0.6) is 0 Å². The molecule has 2 rings (SSSR count). The van der Waals surface area contributed by atoms with Crippen LogP contribution in [0.25, 0.3) is 0 Å². The minimum Gasteiger partial charge on any atom is -0.478 e. The van der Waals surface area contributed by atoms with E-state index in [1.54, 1.807) is 12.1 Å². The van der Waals surface area contributed by atoms with Crippen LogP contribution in [0, 0.1) is 13.8 Å². The zero-order valence-electron chi connectivity index (χ0n) is 11.1. The molecule has 20 heavy (non-hydrogen) atoms. The SMILES string of the molecule is Cc1nc(C)c(CNC(=O)c2cccc(C(=O)O)c2)s1. The van der Waals surface area contributed by atoms with Crippen LogP contribution < -0.4 is 5.32 Å². The standard InChI is InChI=1S/C14H14N2O3S/c1-8-12(20-9(2)16-8)7-15-13(17)10-4-3-5-11(6-10)14(18)19/h3-6H,7H2,1-2H3,(H,15,17)(H,18,19). The molecule has 0 unspecified atom stereocenters. The molecule has 0 aliphatic heterocycles. The summed E-state index contributed by atoms with van der Waals surface area (Å²) in [6.45, 7) is 4.21. The second kappa shape index (κ2) is 5.83. The van der Waals surface area contributed by atoms with Crippen molar-refractivity contribution in [1.82, 2.24) is 10.3 Å². The molecule has 0 bridgehead atoms. The maximum atomic E-state index is 12.0. The summed E-state index contributed by atoms with van der Waals surface area (Å²) in [6, 6.07) is 5.96. The summed E-state index contributed by atoms with van der Waals surface area (Å²) in [5.74, 6) is -1.34. The highest BCUT2D eigenvalue weighted by molar-refractivity contribution is 7.11. The van der Waals surface area contributed by atoms with Crippen LogP contribution >= 0.6 is 11.3 Å². The number of rotatable bonds is 4. The second-order valence-corrected chi connectivity index (χ2v) is 5.60. The molecule has 104 valence electrons. The molecule has 0 radical (unpaired) electrons. The molecule has 1 heterocycles. The van der Waals surface area contributed by atoms with Gasteiger partial charge < -0.3 is 10.4 Å². The van der Waals surface area contributed by atoms with Crippen LogP contribution in [0.2, 0.25) is 0 Å². The van der Waals surface area contributed by atoms with Gasteiger partial charge in [-0.3, -0.25) is 4.79 Å². The summed E-state index contributed by atoms with van der Waals surface area (Å²) in [4.78, 5) is 28.1. The number of aromatic carboxylic acids is 1. The minimum atomic E-state index is -1.05. The lowest BCUT2D eigenvalue weighted by molar-refractivity contribution is 0.0697. The van der Waals surface area contributed by atoms with Gasteiger partial charge in [-0.15, -0.1) is 11.3 Å². The maximum absolute atomic E-state index is 12.0. The maximum Gasteiger partial charge on any atom is 0.335 e. The third-order valence-electron chi connectivity index (χ3n) is 2.78. The molecule has 6 heteroatoms. The number of hydrogen-bond acceptors (Lipinski definition) is 4. The van der Waals surface area contributed by atoms with Crippen molar-refractivity contribution < 1.29 is 14.7 Å². The predicted molar refractivity (Wildman–Crippen MR) is 76.2 cm³/mol. The van der Waals surface area contributed by atoms with Crippen LogP contribution in [0.3, 0.4) is 0 Å². The molecular formula is C14H14N2O3S. The number of carbonyl (C=O) groups is 2. The van der Waals surface area contributed by atoms with Gasteiger partial charge in [0.05, 0.1) is 22.8 Å². The summed E-state index contributed by atoms with van der Waals surface area (Å²) < 4.78 is 0. The summed E-state index contributed by atoms with van der Waals surface area (Å²) in [6.07, 6.45) is 0. The van der Waals surface area contributed by atoms with Crippen LogP contribution in [0.15, 0.2) is 24.3 Å². The summed E-state index contributed by atoms with van der Waals surface area (Å²) in [7, 11) is 0. The predicted octanol–water partition coefficient (Wildman–Crippen LogP) is 2.39. The number of hydrogen-bond donors (Lipinski definition) is 2. The summed E-state index contributed by atoms with van der Waals surface area (Å²) in [5.41, 5.74) is 1.35. The van der Waals surface area contributed by atoms with E-state index in [1.807, 2.05) is 13.8 Å². The van der Waals surface area contributed by atoms with Crippen molar-refractivity contribution in [3.8, 4) is 0 Å². The van der Waals surface area contributed by atoms with Crippen molar-refractivity contribution in [3.63, 3.8) is 0 Å². The number of carboxylic acid groups (broad SMARTS) is 1. The Kier molecular flexibility index (Phi) is 4.14. The first kappa shape index (κ1) is 14.2. The Morgan fingerprint density at radius 1 is 1.30 bits per heavy atom. The Morgan fingerprint density at radius 2 is 2.00 bits per heavy atom. The van der Waals surface area contributed by atoms with Crippen LogP contribution in [0.1, 0.15) is 36.3 Å². The summed E-state index contributed by atoms with van der Waals surface area (Å²) >= 11 is 1.54. The normalized spacial score (nSPS) is 10.3. The van der Waals surface area contributed by atoms with Gasteiger partial charge in [0.15, 0.2) is 0 Å². The third kappa shape index (κ3) is 3.21. The number of carboxylic acids is 1. The van der Waals surface area contributed by atoms with Crippen molar-refractivity contribution in [1.29, 1.82) is 0 Å². The highest BCUT2D eigenvalue weighted by atomic mass is 32.1. The van der Waals surface area contributed by atoms with Gasteiger partial charge in [0.2, 0.25) is 0 Å². The number of thiazole rings is 1. The third-order valence-corrected chi connectivity index (χ3v) is 3.85. The Balaban J connectivity index is 2.07. The van der Waals surface area contributed by atoms with Crippen LogP contribution in [-0.2, 0) is 6.54 Å². The second-order valence-electron chi connectivity index (χ2n) is 4.31. The van der Waals surface area contributed by atoms with E-state index in [1.165, 1.54) is 23.5 Å². The van der Waals surface area contributed by atoms with Gasteiger partial charge in [-0.1, -0.05) is 6.07 Å². The van der Waals surface area contributed by atoms with E-state index in [0.717, 1.165) is 15.6 Å². The van der Waals surface area contributed by atoms with Crippen molar-refractivity contribution in [2.24, 2.45) is 0 Å². The van der Waals surface area contributed by atoms with Crippen LogP contribution in [-0.4, -0.2) is 22.0 Å². The number of amides is 1. The van der Waals surface area contributed by atoms with Crippen LogP contribution in [0.4, 0.5) is 0 Å². The van der Waals surface area contributed by atoms with E-state index in [9.17, 15) is 9.59 Å². The van der Waals surface area contributed by atoms with Gasteiger partial charge in [0, 0.05) is 10.4 Å². The lowest BCUT2D eigenvalue weighted by Gasteiger charge is -2.05. The highest BCUT2D eigenvalue weighted by Gasteiger charge is 2.11. The fourth-order valence-corrected chi connectivity index (χ4v) is 2.67. The fourth-order valence-electron chi connectivity index (χ4n) is 1.79. The van der Waals surface area contributed by atoms with Crippen molar-refractivity contribution in [2.45, 2.75) is 20.4 Å². The van der Waals surface area contributed by atoms with Crippen molar-refractivity contribution >= 4 is 23.2 Å². The molecule has 0 aliphatic carbocycles. The number of nitrogens with one attached hydrogen (secondary N) is 1. The average molecular weight is 290 g/mol. The molecule has 0 aliphatic rings. The Labute approximate surface area is 120 Å². The first-order valence-electron chi connectivity index (χ1n) is 6.02. The van der Waals surface area contributed by atoms with Gasteiger partial charge >= 0.3 is 5.97 Å². The topological polar surface area (TPSA) is 79.3 Å². The van der Waals surface area contributed by atoms with Gasteiger partial charge in [-0.05, 0) is 32.0 Å². The van der Waals surface area contributed by atoms with Gasteiger partial charge in [-0.2, -0.15) is 0 Å². The van der Waals surface area contributed by atoms with Crippen molar-refractivity contribution in [3.05, 3.63) is 51.0 Å². The van der Waals surface area contributed by atoms with E-state index >= 15 is 0 Å². The zero-order valence-corrected chi connectivity index (χ0v) is 12.0. The van der Waals surface area contributed by atoms with E-state index in [2.05, 4.69) is 10.3 Å². The van der Waals surface area contributed by atoms with E-state index in [0.29, 0.717) is 12.1 Å². The number of nitrogens with zero attached hydrogens (tertiary/aromatic N) is 1. The number of benzene rings is 1. The molecule has 1 aromatic carbocycles. The van der Waals surface area contributed by atoms with E-state index in [-0.39, 0.29) is 11.5 Å². The van der Waals surface area contributed by atoms with Gasteiger partial charge in [-0.25, -0.2) is 9.78 Å². The molecule has 0 fully saturated rings. The highest BCUT2D eigenvalue weighted by Crippen LogP contribution is 2.16. The lowest BCUT2D eigenvalue weighted by Crippen LogP contribution is -2.23. The van der Waals surface area contributed by atoms with Gasteiger partial charge in [0.25, 0.3) is 5.91 Å². The molecule has 1 amide bonds. The molecule has 0 saturated carbocycles. The molecule has 2 aromatic rings. The molecule has 0 atom stereocenters. The first-order chi connectivity index (χ1) is 9.47. The molecule has 5 nitrogen and oxygen atoms in total.